The van der Waals surface area contributed by atoms with Crippen LogP contribution in [0.25, 0.3) is 0 Å². The summed E-state index contributed by atoms with van der Waals surface area (Å²) in [6, 6.07) is 11.4. The van der Waals surface area contributed by atoms with Gasteiger partial charge < -0.3 is 10.8 Å². The van der Waals surface area contributed by atoms with Gasteiger partial charge in [0.25, 0.3) is 0 Å². The number of thioether (sulfide) groups is 1. The average Bonchev–Trinajstić information content (AvgIpc) is 2.37. The Morgan fingerprint density at radius 2 is 2.00 bits per heavy atom. The minimum Gasteiger partial charge on any atom is -0.481 e. The van der Waals surface area contributed by atoms with E-state index in [-0.39, 0.29) is 5.75 Å². The van der Waals surface area contributed by atoms with E-state index in [2.05, 4.69) is 9.97 Å². The molecule has 0 aliphatic rings. The Morgan fingerprint density at radius 1 is 1.26 bits per heavy atom. The molecule has 2 rings (SSSR count). The van der Waals surface area contributed by atoms with Crippen molar-refractivity contribution >= 4 is 23.5 Å². The summed E-state index contributed by atoms with van der Waals surface area (Å²) in [5, 5.41) is 9.24. The van der Waals surface area contributed by atoms with Crippen molar-refractivity contribution < 1.29 is 9.90 Å². The molecule has 0 aliphatic heterocycles. The predicted molar refractivity (Wildman–Crippen MR) is 74.1 cm³/mol. The number of aliphatic carboxylic acids is 1. The maximum atomic E-state index is 10.5. The van der Waals surface area contributed by atoms with Crippen molar-refractivity contribution in [2.45, 2.75) is 11.4 Å². The van der Waals surface area contributed by atoms with Crippen molar-refractivity contribution in [3.63, 3.8) is 0 Å². The minimum atomic E-state index is -0.883. The summed E-state index contributed by atoms with van der Waals surface area (Å²) in [5.74, 6) is 0.0287. The maximum absolute atomic E-state index is 10.5. The van der Waals surface area contributed by atoms with E-state index in [1.54, 1.807) is 6.07 Å². The first-order valence-corrected chi connectivity index (χ1v) is 6.64. The van der Waals surface area contributed by atoms with Crippen LogP contribution in [0.3, 0.4) is 0 Å². The van der Waals surface area contributed by atoms with Crippen LogP contribution < -0.4 is 5.73 Å². The second-order valence-corrected chi connectivity index (χ2v) is 4.89. The van der Waals surface area contributed by atoms with Gasteiger partial charge in [0, 0.05) is 12.5 Å². The van der Waals surface area contributed by atoms with Crippen LogP contribution >= 0.6 is 11.8 Å². The topological polar surface area (TPSA) is 89.1 Å². The van der Waals surface area contributed by atoms with Crippen molar-refractivity contribution in [2.24, 2.45) is 0 Å². The number of nitrogens with zero attached hydrogens (tertiary/aromatic N) is 2. The Kier molecular flexibility index (Phi) is 4.35. The molecule has 0 fully saturated rings. The number of carbonyl (C=O) groups is 1. The van der Waals surface area contributed by atoms with E-state index in [1.165, 1.54) is 0 Å². The molecule has 3 N–H and O–H groups in total. The van der Waals surface area contributed by atoms with E-state index in [0.717, 1.165) is 17.3 Å². The molecule has 5 nitrogen and oxygen atoms in total. The summed E-state index contributed by atoms with van der Waals surface area (Å²) < 4.78 is 0. The lowest BCUT2D eigenvalue weighted by atomic mass is 10.1. The third-order valence-electron chi connectivity index (χ3n) is 2.32. The van der Waals surface area contributed by atoms with Gasteiger partial charge in [0.1, 0.15) is 16.7 Å². The van der Waals surface area contributed by atoms with Crippen LogP contribution in [-0.2, 0) is 11.2 Å². The molecule has 1 aromatic carbocycles. The van der Waals surface area contributed by atoms with Gasteiger partial charge in [-0.25, -0.2) is 9.97 Å². The minimum absolute atomic E-state index is 0.0404. The molecule has 0 radical (unpaired) electrons. The molecule has 0 spiro atoms. The Labute approximate surface area is 114 Å². The molecule has 0 amide bonds. The van der Waals surface area contributed by atoms with Gasteiger partial charge >= 0.3 is 5.97 Å². The number of carboxylic acid groups (broad SMARTS) is 1. The predicted octanol–water partition coefficient (Wildman–Crippen LogP) is 1.83. The zero-order chi connectivity index (χ0) is 13.7. The summed E-state index contributed by atoms with van der Waals surface area (Å²) in [7, 11) is 0. The van der Waals surface area contributed by atoms with Gasteiger partial charge in [-0.3, -0.25) is 4.79 Å². The quantitative estimate of drug-likeness (QED) is 0.639. The fraction of sp³-hybridized carbons (Fsp3) is 0.154. The third kappa shape index (κ3) is 4.26. The fourth-order valence-electron chi connectivity index (χ4n) is 1.56. The van der Waals surface area contributed by atoms with Crippen LogP contribution in [0.15, 0.2) is 41.4 Å². The van der Waals surface area contributed by atoms with Crippen molar-refractivity contribution in [3.05, 3.63) is 47.8 Å². The number of benzene rings is 1. The monoisotopic (exact) mass is 275 g/mol. The lowest BCUT2D eigenvalue weighted by Gasteiger charge is -2.05. The average molecular weight is 275 g/mol. The first kappa shape index (κ1) is 13.4. The highest BCUT2D eigenvalue weighted by Gasteiger charge is 2.06. The van der Waals surface area contributed by atoms with Crippen LogP contribution in [0.2, 0.25) is 0 Å². The number of aromatic nitrogens is 2. The van der Waals surface area contributed by atoms with E-state index >= 15 is 0 Å². The Morgan fingerprint density at radius 3 is 2.68 bits per heavy atom. The van der Waals surface area contributed by atoms with Gasteiger partial charge in [-0.1, -0.05) is 42.1 Å². The van der Waals surface area contributed by atoms with E-state index < -0.39 is 5.97 Å². The molecule has 1 heterocycles. The summed E-state index contributed by atoms with van der Waals surface area (Å²) in [6.07, 6.45) is 0.576. The summed E-state index contributed by atoms with van der Waals surface area (Å²) in [6.45, 7) is 0. The molecular formula is C13H13N3O2S. The zero-order valence-corrected chi connectivity index (χ0v) is 10.9. The zero-order valence-electron chi connectivity index (χ0n) is 10.1. The number of hydrogen-bond donors (Lipinski definition) is 2. The van der Waals surface area contributed by atoms with Crippen LogP contribution in [-0.4, -0.2) is 26.8 Å². The first-order valence-electron chi connectivity index (χ1n) is 5.65. The van der Waals surface area contributed by atoms with E-state index in [4.69, 9.17) is 10.8 Å². The lowest BCUT2D eigenvalue weighted by molar-refractivity contribution is -0.133. The molecule has 1 aromatic heterocycles. The number of nitrogen functional groups attached to an aromatic ring is 1. The van der Waals surface area contributed by atoms with E-state index in [9.17, 15) is 4.79 Å². The van der Waals surface area contributed by atoms with Gasteiger partial charge in [-0.15, -0.1) is 0 Å². The molecule has 0 bridgehead atoms. The lowest BCUT2D eigenvalue weighted by Crippen LogP contribution is -2.03. The highest BCUT2D eigenvalue weighted by atomic mass is 32.2. The summed E-state index contributed by atoms with van der Waals surface area (Å²) >= 11 is 1.14. The molecular weight excluding hydrogens is 262 g/mol. The number of rotatable bonds is 5. The van der Waals surface area contributed by atoms with Gasteiger partial charge in [0.05, 0.1) is 5.75 Å². The van der Waals surface area contributed by atoms with Gasteiger partial charge in [0.15, 0.2) is 0 Å². The molecule has 0 unspecified atom stereocenters. The van der Waals surface area contributed by atoms with Crippen molar-refractivity contribution in [2.75, 3.05) is 11.5 Å². The molecule has 6 heteroatoms. The maximum Gasteiger partial charge on any atom is 0.313 e. The fourth-order valence-corrected chi connectivity index (χ4v) is 2.20. The third-order valence-corrected chi connectivity index (χ3v) is 3.21. The highest BCUT2D eigenvalue weighted by molar-refractivity contribution is 7.99. The smallest absolute Gasteiger partial charge is 0.313 e. The molecule has 98 valence electrons. The highest BCUT2D eigenvalue weighted by Crippen LogP contribution is 2.18. The molecule has 19 heavy (non-hydrogen) atoms. The molecule has 0 aliphatic carbocycles. The molecule has 0 saturated carbocycles. The summed E-state index contributed by atoms with van der Waals surface area (Å²) in [4.78, 5) is 19.0. The van der Waals surface area contributed by atoms with Gasteiger partial charge in [-0.2, -0.15) is 0 Å². The number of carboxylic acids is 1. The first-order chi connectivity index (χ1) is 9.13. The standard InChI is InChI=1S/C13H13N3O2S/c14-10-7-12(19-8-13(17)18)16-11(15-10)6-9-4-2-1-3-5-9/h1-5,7H,6,8H2,(H,17,18)(H2,14,15,16). The second-order valence-electron chi connectivity index (χ2n) is 3.89. The van der Waals surface area contributed by atoms with Crippen LogP contribution in [0.5, 0.6) is 0 Å². The van der Waals surface area contributed by atoms with Crippen molar-refractivity contribution in [3.8, 4) is 0 Å². The van der Waals surface area contributed by atoms with Crippen LogP contribution in [0.1, 0.15) is 11.4 Å². The number of anilines is 1. The van der Waals surface area contributed by atoms with Crippen molar-refractivity contribution in [1.82, 2.24) is 9.97 Å². The van der Waals surface area contributed by atoms with Gasteiger partial charge in [0.2, 0.25) is 0 Å². The second kappa shape index (κ2) is 6.19. The van der Waals surface area contributed by atoms with Gasteiger partial charge in [-0.05, 0) is 5.56 Å². The normalized spacial score (nSPS) is 10.3. The Bertz CT molecular complexity index is 575. The van der Waals surface area contributed by atoms with E-state index in [1.807, 2.05) is 30.3 Å². The summed E-state index contributed by atoms with van der Waals surface area (Å²) in [5.41, 5.74) is 6.79. The van der Waals surface area contributed by atoms with Crippen LogP contribution in [0.4, 0.5) is 5.82 Å². The number of hydrogen-bond acceptors (Lipinski definition) is 5. The van der Waals surface area contributed by atoms with E-state index in [0.29, 0.717) is 23.1 Å². The van der Waals surface area contributed by atoms with Crippen molar-refractivity contribution in [1.29, 1.82) is 0 Å². The number of nitrogens with two attached hydrogens (primary N) is 1. The Hall–Kier alpha value is -2.08. The van der Waals surface area contributed by atoms with Crippen LogP contribution in [0, 0.1) is 0 Å². The molecule has 2 aromatic rings. The molecule has 0 atom stereocenters. The largest absolute Gasteiger partial charge is 0.481 e. The Balaban J connectivity index is 2.14. The molecule has 0 saturated heterocycles. The SMILES string of the molecule is Nc1cc(SCC(=O)O)nc(Cc2ccccc2)n1.